The summed E-state index contributed by atoms with van der Waals surface area (Å²) in [6.07, 6.45) is 0. The van der Waals surface area contributed by atoms with Gasteiger partial charge in [0.1, 0.15) is 5.82 Å². The molecule has 0 radical (unpaired) electrons. The number of carbonyl (C=O) groups is 1. The minimum Gasteiger partial charge on any atom is -0.326 e. The Hall–Kier alpha value is -3.44. The van der Waals surface area contributed by atoms with Gasteiger partial charge in [0.05, 0.1) is 17.1 Å². The Bertz CT molecular complexity index is 1120. The standard InChI is InChI=1S/C23H22N4O/c1-16(28)25-19-11-7-10-18(14-19)22(24)23-26-20-12-5-6-13-21(20)27(23)15-17-8-3-2-4-9-17/h2-14,22H,15,24H2,1H3,(H,25,28). The van der Waals surface area contributed by atoms with E-state index in [1.807, 2.05) is 60.7 Å². The molecule has 4 rings (SSSR count). The van der Waals surface area contributed by atoms with Crippen LogP contribution in [-0.4, -0.2) is 15.5 Å². The molecule has 3 aromatic carbocycles. The van der Waals surface area contributed by atoms with Crippen LogP contribution in [0, 0.1) is 0 Å². The maximum absolute atomic E-state index is 11.4. The van der Waals surface area contributed by atoms with Gasteiger partial charge in [-0.2, -0.15) is 0 Å². The van der Waals surface area contributed by atoms with Crippen LogP contribution in [-0.2, 0) is 11.3 Å². The number of para-hydroxylation sites is 2. The Balaban J connectivity index is 1.77. The minimum absolute atomic E-state index is 0.109. The highest BCUT2D eigenvalue weighted by Gasteiger charge is 2.19. The number of anilines is 1. The summed E-state index contributed by atoms with van der Waals surface area (Å²) in [7, 11) is 0. The van der Waals surface area contributed by atoms with E-state index in [0.29, 0.717) is 6.54 Å². The van der Waals surface area contributed by atoms with Crippen LogP contribution < -0.4 is 11.1 Å². The van der Waals surface area contributed by atoms with Gasteiger partial charge in [0.25, 0.3) is 0 Å². The first-order chi connectivity index (χ1) is 13.6. The van der Waals surface area contributed by atoms with Crippen LogP contribution >= 0.6 is 0 Å². The van der Waals surface area contributed by atoms with Crippen LogP contribution in [0.5, 0.6) is 0 Å². The lowest BCUT2D eigenvalue weighted by atomic mass is 10.1. The maximum Gasteiger partial charge on any atom is 0.221 e. The SMILES string of the molecule is CC(=O)Nc1cccc(C(N)c2nc3ccccc3n2Cc2ccccc2)c1. The van der Waals surface area contributed by atoms with Crippen LogP contribution in [0.15, 0.2) is 78.9 Å². The van der Waals surface area contributed by atoms with Gasteiger partial charge in [0.2, 0.25) is 5.91 Å². The molecule has 5 nitrogen and oxygen atoms in total. The molecule has 1 unspecified atom stereocenters. The van der Waals surface area contributed by atoms with Crippen LogP contribution in [0.1, 0.15) is 29.9 Å². The van der Waals surface area contributed by atoms with Gasteiger partial charge in [0, 0.05) is 19.2 Å². The Labute approximate surface area is 163 Å². The Kier molecular flexibility index (Phi) is 4.91. The van der Waals surface area contributed by atoms with Crippen molar-refractivity contribution in [3.8, 4) is 0 Å². The van der Waals surface area contributed by atoms with Crippen molar-refractivity contribution < 1.29 is 4.79 Å². The summed E-state index contributed by atoms with van der Waals surface area (Å²) in [6.45, 7) is 2.18. The second-order valence-electron chi connectivity index (χ2n) is 6.81. The lowest BCUT2D eigenvalue weighted by molar-refractivity contribution is -0.114. The molecule has 3 N–H and O–H groups in total. The maximum atomic E-state index is 11.4. The molecule has 28 heavy (non-hydrogen) atoms. The van der Waals surface area contributed by atoms with E-state index in [1.54, 1.807) is 0 Å². The van der Waals surface area contributed by atoms with Gasteiger partial charge < -0.3 is 15.6 Å². The molecule has 0 aliphatic carbocycles. The highest BCUT2D eigenvalue weighted by Crippen LogP contribution is 2.26. The summed E-state index contributed by atoms with van der Waals surface area (Å²) in [4.78, 5) is 16.2. The second-order valence-corrected chi connectivity index (χ2v) is 6.81. The highest BCUT2D eigenvalue weighted by atomic mass is 16.1. The molecule has 0 bridgehead atoms. The molecule has 4 aromatic rings. The third-order valence-electron chi connectivity index (χ3n) is 4.71. The molecule has 0 aliphatic heterocycles. The van der Waals surface area contributed by atoms with Crippen molar-refractivity contribution in [2.24, 2.45) is 5.73 Å². The second kappa shape index (κ2) is 7.66. The van der Waals surface area contributed by atoms with Gasteiger partial charge in [0.15, 0.2) is 0 Å². The first-order valence-corrected chi connectivity index (χ1v) is 9.24. The largest absolute Gasteiger partial charge is 0.326 e. The van der Waals surface area contributed by atoms with Crippen molar-refractivity contribution in [2.75, 3.05) is 5.32 Å². The van der Waals surface area contributed by atoms with E-state index in [4.69, 9.17) is 10.7 Å². The van der Waals surface area contributed by atoms with Crippen LogP contribution in [0.2, 0.25) is 0 Å². The molecule has 0 saturated heterocycles. The number of carbonyl (C=O) groups excluding carboxylic acids is 1. The number of nitrogens with two attached hydrogens (primary N) is 1. The number of imidazole rings is 1. The van der Waals surface area contributed by atoms with E-state index in [0.717, 1.165) is 28.1 Å². The van der Waals surface area contributed by atoms with Crippen molar-refractivity contribution in [1.29, 1.82) is 0 Å². The fourth-order valence-electron chi connectivity index (χ4n) is 3.43. The summed E-state index contributed by atoms with van der Waals surface area (Å²) >= 11 is 0. The summed E-state index contributed by atoms with van der Waals surface area (Å²) in [5.74, 6) is 0.687. The molecule has 0 saturated carbocycles. The van der Waals surface area contributed by atoms with Crippen LogP contribution in [0.3, 0.4) is 0 Å². The number of hydrogen-bond donors (Lipinski definition) is 2. The number of amides is 1. The third-order valence-corrected chi connectivity index (χ3v) is 4.71. The molecule has 1 atom stereocenters. The number of aromatic nitrogens is 2. The molecule has 1 amide bonds. The summed E-state index contributed by atoms with van der Waals surface area (Å²) in [5, 5.41) is 2.81. The van der Waals surface area contributed by atoms with Crippen molar-refractivity contribution in [2.45, 2.75) is 19.5 Å². The number of nitrogens with zero attached hydrogens (tertiary/aromatic N) is 2. The number of hydrogen-bond acceptors (Lipinski definition) is 3. The molecule has 0 spiro atoms. The van der Waals surface area contributed by atoms with E-state index >= 15 is 0 Å². The summed E-state index contributed by atoms with van der Waals surface area (Å²) < 4.78 is 2.17. The predicted molar refractivity (Wildman–Crippen MR) is 112 cm³/mol. The van der Waals surface area contributed by atoms with Gasteiger partial charge in [-0.1, -0.05) is 54.6 Å². The fraction of sp³-hybridized carbons (Fsp3) is 0.130. The fourth-order valence-corrected chi connectivity index (χ4v) is 3.43. The van der Waals surface area contributed by atoms with Crippen molar-refractivity contribution in [3.05, 3.63) is 95.8 Å². The molecular formula is C23H22N4O. The zero-order chi connectivity index (χ0) is 19.5. The predicted octanol–water partition coefficient (Wildman–Crippen LogP) is 4.09. The van der Waals surface area contributed by atoms with Crippen molar-refractivity contribution in [3.63, 3.8) is 0 Å². The quantitative estimate of drug-likeness (QED) is 0.556. The third kappa shape index (κ3) is 3.66. The van der Waals surface area contributed by atoms with Gasteiger partial charge in [-0.3, -0.25) is 4.79 Å². The Morgan fingerprint density at radius 1 is 1.04 bits per heavy atom. The average Bonchev–Trinajstić information content (AvgIpc) is 3.06. The smallest absolute Gasteiger partial charge is 0.221 e. The molecule has 5 heteroatoms. The van der Waals surface area contributed by atoms with Crippen molar-refractivity contribution >= 4 is 22.6 Å². The zero-order valence-electron chi connectivity index (χ0n) is 15.7. The van der Waals surface area contributed by atoms with E-state index < -0.39 is 6.04 Å². The average molecular weight is 370 g/mol. The molecule has 1 heterocycles. The lowest BCUT2D eigenvalue weighted by Gasteiger charge is -2.16. The molecule has 0 fully saturated rings. The summed E-state index contributed by atoms with van der Waals surface area (Å²) in [6, 6.07) is 25.5. The molecular weight excluding hydrogens is 348 g/mol. The number of benzene rings is 3. The van der Waals surface area contributed by atoms with Crippen LogP contribution in [0.25, 0.3) is 11.0 Å². The van der Waals surface area contributed by atoms with Gasteiger partial charge in [-0.15, -0.1) is 0 Å². The topological polar surface area (TPSA) is 72.9 Å². The van der Waals surface area contributed by atoms with Gasteiger partial charge in [-0.25, -0.2) is 4.98 Å². The Morgan fingerprint density at radius 2 is 1.79 bits per heavy atom. The van der Waals surface area contributed by atoms with Crippen molar-refractivity contribution in [1.82, 2.24) is 9.55 Å². The molecule has 0 aliphatic rings. The highest BCUT2D eigenvalue weighted by molar-refractivity contribution is 5.88. The first-order valence-electron chi connectivity index (χ1n) is 9.24. The van der Waals surface area contributed by atoms with Gasteiger partial charge >= 0.3 is 0 Å². The van der Waals surface area contributed by atoms with Crippen LogP contribution in [0.4, 0.5) is 5.69 Å². The lowest BCUT2D eigenvalue weighted by Crippen LogP contribution is -2.19. The van der Waals surface area contributed by atoms with E-state index in [9.17, 15) is 4.79 Å². The number of fused-ring (bicyclic) bond motifs is 1. The number of nitrogens with one attached hydrogen (secondary N) is 1. The number of rotatable bonds is 5. The van der Waals surface area contributed by atoms with E-state index in [2.05, 4.69) is 28.1 Å². The monoisotopic (exact) mass is 370 g/mol. The molecule has 140 valence electrons. The van der Waals surface area contributed by atoms with Gasteiger partial charge in [-0.05, 0) is 35.4 Å². The van der Waals surface area contributed by atoms with E-state index in [-0.39, 0.29) is 5.91 Å². The molecule has 1 aromatic heterocycles. The first kappa shape index (κ1) is 17.9. The zero-order valence-corrected chi connectivity index (χ0v) is 15.7. The normalized spacial score (nSPS) is 12.1. The Morgan fingerprint density at radius 3 is 2.57 bits per heavy atom. The minimum atomic E-state index is -0.412. The summed E-state index contributed by atoms with van der Waals surface area (Å²) in [5.41, 5.74) is 11.4. The van der Waals surface area contributed by atoms with E-state index in [1.165, 1.54) is 12.5 Å².